The highest BCUT2D eigenvalue weighted by Gasteiger charge is 2.58. The van der Waals surface area contributed by atoms with E-state index in [-0.39, 0.29) is 16.3 Å². The minimum atomic E-state index is -0.220. The van der Waals surface area contributed by atoms with E-state index in [2.05, 4.69) is 5.32 Å². The Morgan fingerprint density at radius 3 is 3.07 bits per heavy atom. The SMILES string of the molecule is FC1=C(Cl)C=C(C23CNCC2C3)C=CC1. The number of rotatable bonds is 1. The van der Waals surface area contributed by atoms with Crippen LogP contribution in [0, 0.1) is 11.3 Å². The van der Waals surface area contributed by atoms with E-state index in [9.17, 15) is 4.39 Å². The summed E-state index contributed by atoms with van der Waals surface area (Å²) in [6.45, 7) is 2.11. The van der Waals surface area contributed by atoms with Crippen LogP contribution in [0.25, 0.3) is 0 Å². The van der Waals surface area contributed by atoms with Crippen LogP contribution in [-0.4, -0.2) is 13.1 Å². The van der Waals surface area contributed by atoms with Crippen LogP contribution in [-0.2, 0) is 0 Å². The van der Waals surface area contributed by atoms with Gasteiger partial charge in [-0.1, -0.05) is 23.8 Å². The average Bonchev–Trinajstić information content (AvgIpc) is 2.84. The Morgan fingerprint density at radius 1 is 1.53 bits per heavy atom. The van der Waals surface area contributed by atoms with Crippen molar-refractivity contribution in [3.05, 3.63) is 34.7 Å². The summed E-state index contributed by atoms with van der Waals surface area (Å²) in [7, 11) is 0. The van der Waals surface area contributed by atoms with Crippen LogP contribution >= 0.6 is 11.6 Å². The van der Waals surface area contributed by atoms with Crippen molar-refractivity contribution in [3.63, 3.8) is 0 Å². The molecule has 3 aliphatic rings. The Bertz CT molecular complexity index is 396. The summed E-state index contributed by atoms with van der Waals surface area (Å²) >= 11 is 5.89. The quantitative estimate of drug-likeness (QED) is 0.724. The topological polar surface area (TPSA) is 12.0 Å². The van der Waals surface area contributed by atoms with E-state index in [0.717, 1.165) is 19.0 Å². The van der Waals surface area contributed by atoms with Gasteiger partial charge in [0.15, 0.2) is 0 Å². The molecule has 1 nitrogen and oxygen atoms in total. The molecule has 0 aromatic carbocycles. The van der Waals surface area contributed by atoms with Gasteiger partial charge in [-0.15, -0.1) is 0 Å². The molecule has 3 rings (SSSR count). The fourth-order valence-corrected chi connectivity index (χ4v) is 2.94. The van der Waals surface area contributed by atoms with Crippen LogP contribution < -0.4 is 5.32 Å². The Kier molecular flexibility index (Phi) is 2.05. The molecule has 3 heteroatoms. The average molecular weight is 226 g/mol. The van der Waals surface area contributed by atoms with Gasteiger partial charge in [0.2, 0.25) is 0 Å². The Hall–Kier alpha value is -0.600. The van der Waals surface area contributed by atoms with Crippen LogP contribution in [0.2, 0.25) is 0 Å². The minimum Gasteiger partial charge on any atom is -0.316 e. The first-order valence-corrected chi connectivity index (χ1v) is 5.74. The van der Waals surface area contributed by atoms with Crippen molar-refractivity contribution in [3.8, 4) is 0 Å². The molecule has 0 aromatic rings. The van der Waals surface area contributed by atoms with E-state index in [1.54, 1.807) is 0 Å². The molecule has 2 unspecified atom stereocenters. The van der Waals surface area contributed by atoms with Crippen LogP contribution in [0.5, 0.6) is 0 Å². The van der Waals surface area contributed by atoms with Crippen LogP contribution in [0.4, 0.5) is 4.39 Å². The highest BCUT2D eigenvalue weighted by Crippen LogP contribution is 2.60. The molecule has 1 saturated carbocycles. The maximum absolute atomic E-state index is 13.3. The molecule has 1 heterocycles. The third-order valence-corrected chi connectivity index (χ3v) is 4.09. The minimum absolute atomic E-state index is 0.220. The van der Waals surface area contributed by atoms with Crippen LogP contribution in [0.3, 0.4) is 0 Å². The zero-order valence-electron chi connectivity index (χ0n) is 8.39. The van der Waals surface area contributed by atoms with Gasteiger partial charge in [0, 0.05) is 18.4 Å². The summed E-state index contributed by atoms with van der Waals surface area (Å²) in [5.74, 6) is 0.515. The van der Waals surface area contributed by atoms with Gasteiger partial charge in [-0.25, -0.2) is 4.39 Å². The summed E-state index contributed by atoms with van der Waals surface area (Å²) in [6.07, 6.45) is 7.28. The van der Waals surface area contributed by atoms with Gasteiger partial charge in [-0.2, -0.15) is 0 Å². The number of nitrogens with one attached hydrogen (secondary N) is 1. The van der Waals surface area contributed by atoms with Gasteiger partial charge in [0.05, 0.1) is 5.03 Å². The fourth-order valence-electron chi connectivity index (χ4n) is 2.75. The molecular weight excluding hydrogens is 213 g/mol. The Balaban J connectivity index is 1.96. The van der Waals surface area contributed by atoms with E-state index in [1.807, 2.05) is 18.2 Å². The van der Waals surface area contributed by atoms with E-state index in [1.165, 1.54) is 12.0 Å². The largest absolute Gasteiger partial charge is 0.316 e. The Morgan fingerprint density at radius 2 is 2.40 bits per heavy atom. The van der Waals surface area contributed by atoms with Gasteiger partial charge in [-0.3, -0.25) is 0 Å². The van der Waals surface area contributed by atoms with Crippen LogP contribution in [0.15, 0.2) is 34.7 Å². The summed E-state index contributed by atoms with van der Waals surface area (Å²) in [5, 5.41) is 3.66. The molecule has 80 valence electrons. The van der Waals surface area contributed by atoms with Crippen molar-refractivity contribution in [2.24, 2.45) is 11.3 Å². The van der Waals surface area contributed by atoms with Crippen molar-refractivity contribution in [1.82, 2.24) is 5.32 Å². The molecule has 0 bridgehead atoms. The molecule has 2 fully saturated rings. The summed E-state index contributed by atoms with van der Waals surface area (Å²) in [4.78, 5) is 0. The highest BCUT2D eigenvalue weighted by molar-refractivity contribution is 6.31. The van der Waals surface area contributed by atoms with Gasteiger partial charge in [-0.05, 0) is 30.5 Å². The maximum atomic E-state index is 13.3. The van der Waals surface area contributed by atoms with Gasteiger partial charge in [0.25, 0.3) is 0 Å². The Labute approximate surface area is 93.7 Å². The first-order valence-electron chi connectivity index (χ1n) is 5.36. The highest BCUT2D eigenvalue weighted by atomic mass is 35.5. The lowest BCUT2D eigenvalue weighted by Gasteiger charge is -2.12. The third kappa shape index (κ3) is 1.39. The van der Waals surface area contributed by atoms with Gasteiger partial charge >= 0.3 is 0 Å². The molecule has 2 atom stereocenters. The van der Waals surface area contributed by atoms with Crippen molar-refractivity contribution in [1.29, 1.82) is 0 Å². The third-order valence-electron chi connectivity index (χ3n) is 3.77. The molecule has 1 aliphatic heterocycles. The molecule has 1 saturated heterocycles. The maximum Gasteiger partial charge on any atom is 0.122 e. The predicted octanol–water partition coefficient (Wildman–Crippen LogP) is 2.90. The molecule has 15 heavy (non-hydrogen) atoms. The molecular formula is C12H13ClFN. The van der Waals surface area contributed by atoms with E-state index >= 15 is 0 Å². The molecule has 2 aliphatic carbocycles. The monoisotopic (exact) mass is 225 g/mol. The van der Waals surface area contributed by atoms with E-state index in [4.69, 9.17) is 11.6 Å². The van der Waals surface area contributed by atoms with Crippen molar-refractivity contribution in [2.75, 3.05) is 13.1 Å². The van der Waals surface area contributed by atoms with Crippen molar-refractivity contribution >= 4 is 11.6 Å². The molecule has 0 amide bonds. The first kappa shape index (κ1) is 9.61. The first-order chi connectivity index (χ1) is 7.22. The lowest BCUT2D eigenvalue weighted by atomic mass is 9.94. The van der Waals surface area contributed by atoms with Gasteiger partial charge < -0.3 is 5.32 Å². The summed E-state index contributed by atoms with van der Waals surface area (Å²) in [5.41, 5.74) is 1.47. The second kappa shape index (κ2) is 3.19. The molecule has 0 spiro atoms. The number of piperidine rings is 1. The zero-order chi connectivity index (χ0) is 10.5. The standard InChI is InChI=1S/C12H13ClFN/c13-10-4-8(2-1-3-11(10)14)12-5-9(12)6-15-7-12/h1-2,4,9,15H,3,5-7H2. The van der Waals surface area contributed by atoms with E-state index < -0.39 is 0 Å². The second-order valence-corrected chi connectivity index (χ2v) is 5.05. The lowest BCUT2D eigenvalue weighted by Crippen LogP contribution is -2.17. The second-order valence-electron chi connectivity index (χ2n) is 4.65. The number of halogens is 2. The number of allylic oxidation sites excluding steroid dienone is 5. The number of hydrogen-bond acceptors (Lipinski definition) is 1. The number of fused-ring (bicyclic) bond motifs is 1. The fraction of sp³-hybridized carbons (Fsp3) is 0.500. The summed E-state index contributed by atoms with van der Waals surface area (Å²) < 4.78 is 13.3. The number of hydrogen-bond donors (Lipinski definition) is 1. The smallest absolute Gasteiger partial charge is 0.122 e. The van der Waals surface area contributed by atoms with Crippen molar-refractivity contribution in [2.45, 2.75) is 12.8 Å². The zero-order valence-corrected chi connectivity index (χ0v) is 9.15. The molecule has 0 radical (unpaired) electrons. The predicted molar refractivity (Wildman–Crippen MR) is 59.2 cm³/mol. The molecule has 1 N–H and O–H groups in total. The van der Waals surface area contributed by atoms with Gasteiger partial charge in [0.1, 0.15) is 5.83 Å². The molecule has 0 aromatic heterocycles. The normalized spacial score (nSPS) is 38.8. The summed E-state index contributed by atoms with van der Waals surface area (Å²) in [6, 6.07) is 0. The van der Waals surface area contributed by atoms with Crippen molar-refractivity contribution < 1.29 is 4.39 Å². The van der Waals surface area contributed by atoms with E-state index in [0.29, 0.717) is 6.42 Å². The van der Waals surface area contributed by atoms with Crippen LogP contribution in [0.1, 0.15) is 12.8 Å². The lowest BCUT2D eigenvalue weighted by molar-refractivity contribution is 0.615.